The number of para-hydroxylation sites is 1. The standard InChI is InChI=1S/C19H18FNO4/c1-24-19(23)15-9-6-14(7-10-15)8-11-18(22)21-12-13-25-17-5-3-2-4-16(17)20/h2-11H,12-13H2,1H3,(H,21,22). The molecule has 0 spiro atoms. The van der Waals surface area contributed by atoms with Gasteiger partial charge >= 0.3 is 5.97 Å². The van der Waals surface area contributed by atoms with Crippen molar-refractivity contribution < 1.29 is 23.5 Å². The summed E-state index contributed by atoms with van der Waals surface area (Å²) in [5.74, 6) is -1.00. The summed E-state index contributed by atoms with van der Waals surface area (Å²) in [5.41, 5.74) is 1.21. The van der Waals surface area contributed by atoms with E-state index >= 15 is 0 Å². The Labute approximate surface area is 145 Å². The fourth-order valence-electron chi connectivity index (χ4n) is 1.98. The first-order valence-corrected chi connectivity index (χ1v) is 7.62. The lowest BCUT2D eigenvalue weighted by Gasteiger charge is -2.07. The van der Waals surface area contributed by atoms with Gasteiger partial charge in [-0.25, -0.2) is 9.18 Å². The summed E-state index contributed by atoms with van der Waals surface area (Å²) in [7, 11) is 1.32. The topological polar surface area (TPSA) is 64.6 Å². The molecule has 5 nitrogen and oxygen atoms in total. The molecule has 2 aromatic rings. The predicted octanol–water partition coefficient (Wildman–Crippen LogP) is 2.82. The maximum absolute atomic E-state index is 13.3. The maximum atomic E-state index is 13.3. The minimum absolute atomic E-state index is 0.151. The quantitative estimate of drug-likeness (QED) is 0.477. The van der Waals surface area contributed by atoms with E-state index < -0.39 is 11.8 Å². The van der Waals surface area contributed by atoms with E-state index in [-0.39, 0.29) is 24.8 Å². The number of halogens is 1. The van der Waals surface area contributed by atoms with Crippen molar-refractivity contribution in [3.63, 3.8) is 0 Å². The van der Waals surface area contributed by atoms with Crippen LogP contribution in [0.15, 0.2) is 54.6 Å². The summed E-state index contributed by atoms with van der Waals surface area (Å²) in [4.78, 5) is 23.0. The highest BCUT2D eigenvalue weighted by atomic mass is 19.1. The molecule has 25 heavy (non-hydrogen) atoms. The summed E-state index contributed by atoms with van der Waals surface area (Å²) >= 11 is 0. The van der Waals surface area contributed by atoms with Crippen molar-refractivity contribution in [2.24, 2.45) is 0 Å². The van der Waals surface area contributed by atoms with Crippen molar-refractivity contribution in [3.8, 4) is 5.75 Å². The molecule has 2 rings (SSSR count). The first kappa shape index (κ1) is 18.2. The van der Waals surface area contributed by atoms with Gasteiger partial charge in [0.15, 0.2) is 11.6 Å². The molecule has 0 saturated heterocycles. The third-order valence-electron chi connectivity index (χ3n) is 3.25. The van der Waals surface area contributed by atoms with Crippen LogP contribution in [0.25, 0.3) is 6.08 Å². The smallest absolute Gasteiger partial charge is 0.337 e. The number of hydrogen-bond donors (Lipinski definition) is 1. The van der Waals surface area contributed by atoms with E-state index in [9.17, 15) is 14.0 Å². The van der Waals surface area contributed by atoms with Crippen molar-refractivity contribution in [1.82, 2.24) is 5.32 Å². The van der Waals surface area contributed by atoms with Crippen LogP contribution in [0.5, 0.6) is 5.75 Å². The molecule has 0 unspecified atom stereocenters. The molecule has 0 atom stereocenters. The lowest BCUT2D eigenvalue weighted by atomic mass is 10.1. The fourth-order valence-corrected chi connectivity index (χ4v) is 1.98. The Hall–Kier alpha value is -3.15. The van der Waals surface area contributed by atoms with Gasteiger partial charge in [-0.2, -0.15) is 0 Å². The molecule has 0 fully saturated rings. The second-order valence-electron chi connectivity index (χ2n) is 5.02. The van der Waals surface area contributed by atoms with Crippen molar-refractivity contribution in [1.29, 1.82) is 0 Å². The van der Waals surface area contributed by atoms with Crippen molar-refractivity contribution in [2.75, 3.05) is 20.3 Å². The van der Waals surface area contributed by atoms with E-state index in [1.807, 2.05) is 0 Å². The number of hydrogen-bond acceptors (Lipinski definition) is 4. The Morgan fingerprint density at radius 2 is 1.84 bits per heavy atom. The molecule has 0 aliphatic rings. The van der Waals surface area contributed by atoms with Gasteiger partial charge in [-0.1, -0.05) is 24.3 Å². The number of benzene rings is 2. The number of methoxy groups -OCH3 is 1. The number of nitrogens with one attached hydrogen (secondary N) is 1. The number of esters is 1. The first-order chi connectivity index (χ1) is 12.1. The Morgan fingerprint density at radius 1 is 1.12 bits per heavy atom. The van der Waals surface area contributed by atoms with E-state index in [1.165, 1.54) is 25.3 Å². The van der Waals surface area contributed by atoms with Crippen LogP contribution >= 0.6 is 0 Å². The molecule has 1 N–H and O–H groups in total. The van der Waals surface area contributed by atoms with Gasteiger partial charge in [-0.15, -0.1) is 0 Å². The lowest BCUT2D eigenvalue weighted by molar-refractivity contribution is -0.116. The van der Waals surface area contributed by atoms with E-state index in [2.05, 4.69) is 10.1 Å². The molecule has 0 aliphatic carbocycles. The Kier molecular flexibility index (Phi) is 6.71. The molecule has 130 valence electrons. The second-order valence-corrected chi connectivity index (χ2v) is 5.02. The monoisotopic (exact) mass is 343 g/mol. The Morgan fingerprint density at radius 3 is 2.52 bits per heavy atom. The third kappa shape index (κ3) is 5.76. The third-order valence-corrected chi connectivity index (χ3v) is 3.25. The van der Waals surface area contributed by atoms with Gasteiger partial charge < -0.3 is 14.8 Å². The van der Waals surface area contributed by atoms with Gasteiger partial charge in [0.1, 0.15) is 6.61 Å². The van der Waals surface area contributed by atoms with Crippen LogP contribution < -0.4 is 10.1 Å². The van der Waals surface area contributed by atoms with E-state index in [0.29, 0.717) is 5.56 Å². The second kappa shape index (κ2) is 9.22. The number of rotatable bonds is 7. The lowest BCUT2D eigenvalue weighted by Crippen LogP contribution is -2.26. The summed E-state index contributed by atoms with van der Waals surface area (Å²) in [6.07, 6.45) is 2.99. The largest absolute Gasteiger partial charge is 0.489 e. The zero-order valence-corrected chi connectivity index (χ0v) is 13.7. The molecule has 0 aromatic heterocycles. The number of ether oxygens (including phenoxy) is 2. The molecule has 6 heteroatoms. The van der Waals surface area contributed by atoms with Gasteiger partial charge in [-0.05, 0) is 35.9 Å². The van der Waals surface area contributed by atoms with Gasteiger partial charge in [0.25, 0.3) is 0 Å². The summed E-state index contributed by atoms with van der Waals surface area (Å²) < 4.78 is 23.2. The molecule has 0 heterocycles. The van der Waals surface area contributed by atoms with Crippen LogP contribution in [-0.4, -0.2) is 32.1 Å². The molecule has 2 aromatic carbocycles. The van der Waals surface area contributed by atoms with Crippen LogP contribution in [-0.2, 0) is 9.53 Å². The molecule has 0 aliphatic heterocycles. The molecule has 0 saturated carbocycles. The molecular formula is C19H18FNO4. The van der Waals surface area contributed by atoms with Crippen molar-refractivity contribution in [2.45, 2.75) is 0 Å². The van der Waals surface area contributed by atoms with Crippen LogP contribution in [0.1, 0.15) is 15.9 Å². The van der Waals surface area contributed by atoms with Crippen molar-refractivity contribution in [3.05, 3.63) is 71.6 Å². The molecule has 0 radical (unpaired) electrons. The number of carbonyl (C=O) groups is 2. The average Bonchev–Trinajstić information content (AvgIpc) is 2.64. The first-order valence-electron chi connectivity index (χ1n) is 7.62. The summed E-state index contributed by atoms with van der Waals surface area (Å²) in [6.45, 7) is 0.410. The van der Waals surface area contributed by atoms with Crippen molar-refractivity contribution >= 4 is 18.0 Å². The Balaban J connectivity index is 1.75. The fraction of sp³-hybridized carbons (Fsp3) is 0.158. The van der Waals surface area contributed by atoms with E-state index in [4.69, 9.17) is 4.74 Å². The minimum Gasteiger partial charge on any atom is -0.489 e. The maximum Gasteiger partial charge on any atom is 0.337 e. The average molecular weight is 343 g/mol. The highest BCUT2D eigenvalue weighted by Gasteiger charge is 2.04. The van der Waals surface area contributed by atoms with Gasteiger partial charge in [0.05, 0.1) is 19.2 Å². The minimum atomic E-state index is -0.441. The van der Waals surface area contributed by atoms with Crippen LogP contribution in [0, 0.1) is 5.82 Å². The highest BCUT2D eigenvalue weighted by Crippen LogP contribution is 2.14. The zero-order chi connectivity index (χ0) is 18.1. The summed E-state index contributed by atoms with van der Waals surface area (Å²) in [5, 5.41) is 2.63. The van der Waals surface area contributed by atoms with E-state index in [0.717, 1.165) is 5.56 Å². The number of carbonyl (C=O) groups excluding carboxylic acids is 2. The predicted molar refractivity (Wildman–Crippen MR) is 91.7 cm³/mol. The molecule has 0 bridgehead atoms. The highest BCUT2D eigenvalue weighted by molar-refractivity contribution is 5.92. The summed E-state index contributed by atoms with van der Waals surface area (Å²) in [6, 6.07) is 12.7. The number of amides is 1. The van der Waals surface area contributed by atoms with E-state index in [1.54, 1.807) is 42.5 Å². The van der Waals surface area contributed by atoms with Crippen LogP contribution in [0.2, 0.25) is 0 Å². The van der Waals surface area contributed by atoms with Gasteiger partial charge in [0.2, 0.25) is 5.91 Å². The molecular weight excluding hydrogens is 325 g/mol. The molecule has 1 amide bonds. The zero-order valence-electron chi connectivity index (χ0n) is 13.7. The van der Waals surface area contributed by atoms with Gasteiger partial charge in [-0.3, -0.25) is 4.79 Å². The Bertz CT molecular complexity index is 756. The van der Waals surface area contributed by atoms with Gasteiger partial charge in [0, 0.05) is 6.08 Å². The van der Waals surface area contributed by atoms with Crippen LogP contribution in [0.4, 0.5) is 4.39 Å². The van der Waals surface area contributed by atoms with Crippen LogP contribution in [0.3, 0.4) is 0 Å². The normalized spacial score (nSPS) is 10.5. The SMILES string of the molecule is COC(=O)c1ccc(C=CC(=O)NCCOc2ccccc2F)cc1.